The molecule has 2 heterocycles. The first-order chi connectivity index (χ1) is 14.3. The summed E-state index contributed by atoms with van der Waals surface area (Å²) in [6.45, 7) is 0.920. The lowest BCUT2D eigenvalue weighted by atomic mass is 10.1. The van der Waals surface area contributed by atoms with Crippen LogP contribution in [0.3, 0.4) is 0 Å². The summed E-state index contributed by atoms with van der Waals surface area (Å²) in [5.41, 5.74) is 1.19. The highest BCUT2D eigenvalue weighted by Gasteiger charge is 2.17. The van der Waals surface area contributed by atoms with E-state index in [1.54, 1.807) is 30.3 Å². The van der Waals surface area contributed by atoms with Crippen LogP contribution in [0.15, 0.2) is 35.1 Å². The highest BCUT2D eigenvalue weighted by Crippen LogP contribution is 2.22. The predicted molar refractivity (Wildman–Crippen MR) is 113 cm³/mol. The van der Waals surface area contributed by atoms with E-state index in [0.717, 1.165) is 12.1 Å². The van der Waals surface area contributed by atoms with Gasteiger partial charge in [-0.25, -0.2) is 18.7 Å². The van der Waals surface area contributed by atoms with Gasteiger partial charge >= 0.3 is 0 Å². The summed E-state index contributed by atoms with van der Waals surface area (Å²) in [7, 11) is 3.24. The molecule has 160 valence electrons. The third-order valence-electron chi connectivity index (χ3n) is 4.58. The standard InChI is InChI=1S/C20H22F2N4O3S/c1-25(9-11-30(3)28)19-20(27)26(8-10-29-2)18-17(24-19)7-6-16(23-18)13-4-5-14(21)15(22)12-13/h4-7,12H,8-11H2,1-3H3. The van der Waals surface area contributed by atoms with Crippen LogP contribution in [0.25, 0.3) is 22.4 Å². The largest absolute Gasteiger partial charge is 0.617 e. The molecule has 1 aromatic carbocycles. The third-order valence-corrected chi connectivity index (χ3v) is 5.34. The number of pyridine rings is 1. The lowest BCUT2D eigenvalue weighted by Crippen LogP contribution is -2.34. The van der Waals surface area contributed by atoms with E-state index in [1.165, 1.54) is 17.7 Å². The highest BCUT2D eigenvalue weighted by atomic mass is 32.2. The Morgan fingerprint density at radius 2 is 1.97 bits per heavy atom. The summed E-state index contributed by atoms with van der Waals surface area (Å²) in [6.07, 6.45) is 1.60. The molecule has 2 aromatic heterocycles. The molecule has 0 N–H and O–H groups in total. The molecule has 0 saturated carbocycles. The second-order valence-electron chi connectivity index (χ2n) is 6.75. The number of benzene rings is 1. The lowest BCUT2D eigenvalue weighted by molar-refractivity contribution is 0.187. The Bertz CT molecular complexity index is 1110. The molecule has 0 radical (unpaired) electrons. The summed E-state index contributed by atoms with van der Waals surface area (Å²) in [4.78, 5) is 23.7. The number of hydrogen-bond acceptors (Lipinski definition) is 6. The van der Waals surface area contributed by atoms with Crippen LogP contribution in [0.2, 0.25) is 0 Å². The molecule has 0 bridgehead atoms. The first kappa shape index (κ1) is 22.1. The fraction of sp³-hybridized carbons (Fsp3) is 0.350. The van der Waals surface area contributed by atoms with Crippen LogP contribution in [0.4, 0.5) is 14.6 Å². The summed E-state index contributed by atoms with van der Waals surface area (Å²) in [5.74, 6) is -1.30. The molecule has 0 saturated heterocycles. The third kappa shape index (κ3) is 4.77. The van der Waals surface area contributed by atoms with Gasteiger partial charge in [0.25, 0.3) is 5.56 Å². The van der Waals surface area contributed by atoms with Crippen molar-refractivity contribution in [3.8, 4) is 11.3 Å². The van der Waals surface area contributed by atoms with Crippen molar-refractivity contribution in [3.05, 3.63) is 52.3 Å². The van der Waals surface area contributed by atoms with Gasteiger partial charge in [0.05, 0.1) is 31.6 Å². The van der Waals surface area contributed by atoms with Crippen molar-refractivity contribution in [1.29, 1.82) is 0 Å². The molecule has 0 amide bonds. The maximum Gasteiger partial charge on any atom is 0.295 e. The molecule has 10 heteroatoms. The van der Waals surface area contributed by atoms with Crippen molar-refractivity contribution < 1.29 is 18.1 Å². The fourth-order valence-corrected chi connectivity index (χ4v) is 3.46. The van der Waals surface area contributed by atoms with Gasteiger partial charge in [0.1, 0.15) is 11.3 Å². The van der Waals surface area contributed by atoms with E-state index >= 15 is 0 Å². The number of hydrogen-bond donors (Lipinski definition) is 0. The van der Waals surface area contributed by atoms with Crippen molar-refractivity contribution in [2.24, 2.45) is 0 Å². The summed E-state index contributed by atoms with van der Waals surface area (Å²) in [6, 6.07) is 6.82. The number of aromatic nitrogens is 3. The van der Waals surface area contributed by atoms with Crippen molar-refractivity contribution in [2.45, 2.75) is 6.54 Å². The molecule has 7 nitrogen and oxygen atoms in total. The van der Waals surface area contributed by atoms with Crippen molar-refractivity contribution >= 4 is 28.2 Å². The molecule has 0 aliphatic heterocycles. The van der Waals surface area contributed by atoms with Crippen LogP contribution in [0, 0.1) is 11.6 Å². The monoisotopic (exact) mass is 436 g/mol. The van der Waals surface area contributed by atoms with E-state index in [0.29, 0.717) is 34.7 Å². The van der Waals surface area contributed by atoms with Crippen LogP contribution >= 0.6 is 0 Å². The Labute approximate surface area is 175 Å². The highest BCUT2D eigenvalue weighted by molar-refractivity contribution is 7.90. The van der Waals surface area contributed by atoms with Gasteiger partial charge in [0.15, 0.2) is 23.1 Å². The molecule has 0 aliphatic carbocycles. The average Bonchev–Trinajstić information content (AvgIpc) is 2.72. The molecule has 0 aliphatic rings. The summed E-state index contributed by atoms with van der Waals surface area (Å²) in [5, 5.41) is 0. The van der Waals surface area contributed by atoms with Gasteiger partial charge in [-0.05, 0) is 30.3 Å². The number of ether oxygens (including phenoxy) is 1. The predicted octanol–water partition coefficient (Wildman–Crippen LogP) is 2.20. The van der Waals surface area contributed by atoms with E-state index in [4.69, 9.17) is 4.74 Å². The van der Waals surface area contributed by atoms with Gasteiger partial charge in [-0.1, -0.05) is 11.2 Å². The van der Waals surface area contributed by atoms with E-state index < -0.39 is 22.8 Å². The number of methoxy groups -OCH3 is 1. The Morgan fingerprint density at radius 3 is 2.63 bits per heavy atom. The molecule has 0 spiro atoms. The summed E-state index contributed by atoms with van der Waals surface area (Å²) >= 11 is -1.000. The van der Waals surface area contributed by atoms with Gasteiger partial charge in [-0.2, -0.15) is 0 Å². The van der Waals surface area contributed by atoms with Crippen LogP contribution in [0.1, 0.15) is 0 Å². The molecule has 3 rings (SSSR count). The van der Waals surface area contributed by atoms with Crippen molar-refractivity contribution in [2.75, 3.05) is 44.2 Å². The zero-order valence-corrected chi connectivity index (χ0v) is 17.7. The Hall–Kier alpha value is -2.56. The van der Waals surface area contributed by atoms with Gasteiger partial charge in [0, 0.05) is 19.7 Å². The zero-order chi connectivity index (χ0) is 21.8. The Balaban J connectivity index is 2.12. The summed E-state index contributed by atoms with van der Waals surface area (Å²) < 4.78 is 44.9. The van der Waals surface area contributed by atoms with Crippen LogP contribution < -0.4 is 10.5 Å². The van der Waals surface area contributed by atoms with E-state index in [-0.39, 0.29) is 24.5 Å². The number of halogens is 2. The molecular formula is C20H22F2N4O3S. The molecular weight excluding hydrogens is 414 g/mol. The smallest absolute Gasteiger partial charge is 0.295 e. The van der Waals surface area contributed by atoms with Gasteiger partial charge in [-0.3, -0.25) is 9.36 Å². The Kier molecular flexibility index (Phi) is 7.01. The van der Waals surface area contributed by atoms with E-state index in [2.05, 4.69) is 9.97 Å². The van der Waals surface area contributed by atoms with Gasteiger partial charge in [-0.15, -0.1) is 0 Å². The Morgan fingerprint density at radius 1 is 1.20 bits per heavy atom. The molecule has 3 aromatic rings. The van der Waals surface area contributed by atoms with E-state index in [1.807, 2.05) is 0 Å². The number of fused-ring (bicyclic) bond motifs is 1. The normalized spacial score (nSPS) is 12.3. The first-order valence-corrected chi connectivity index (χ1v) is 10.9. The number of nitrogens with zero attached hydrogens (tertiary/aromatic N) is 4. The quantitative estimate of drug-likeness (QED) is 0.504. The van der Waals surface area contributed by atoms with Crippen LogP contribution in [-0.4, -0.2) is 58.4 Å². The number of anilines is 1. The topological polar surface area (TPSA) is 83.3 Å². The maximum atomic E-state index is 13.6. The van der Waals surface area contributed by atoms with E-state index in [9.17, 15) is 18.1 Å². The molecule has 0 fully saturated rings. The van der Waals surface area contributed by atoms with Crippen molar-refractivity contribution in [1.82, 2.24) is 14.5 Å². The van der Waals surface area contributed by atoms with Crippen LogP contribution in [0.5, 0.6) is 0 Å². The van der Waals surface area contributed by atoms with Crippen LogP contribution in [-0.2, 0) is 22.5 Å². The fourth-order valence-electron chi connectivity index (χ4n) is 2.93. The lowest BCUT2D eigenvalue weighted by Gasteiger charge is -2.20. The van der Waals surface area contributed by atoms with Gasteiger partial charge < -0.3 is 14.2 Å². The SMILES string of the molecule is COCCn1c(=O)c(N(C)CC[S+](C)[O-])nc2ccc(-c3ccc(F)c(F)c3)nc21. The van der Waals surface area contributed by atoms with Gasteiger partial charge in [0.2, 0.25) is 0 Å². The van der Waals surface area contributed by atoms with Crippen molar-refractivity contribution in [3.63, 3.8) is 0 Å². The second-order valence-corrected chi connectivity index (χ2v) is 8.31. The second kappa shape index (κ2) is 9.50. The zero-order valence-electron chi connectivity index (χ0n) is 16.9. The average molecular weight is 436 g/mol. The molecule has 30 heavy (non-hydrogen) atoms. The maximum absolute atomic E-state index is 13.6. The first-order valence-electron chi connectivity index (χ1n) is 9.19. The number of rotatable bonds is 8. The minimum atomic E-state index is -1.000. The molecule has 1 atom stereocenters. The minimum Gasteiger partial charge on any atom is -0.617 e. The minimum absolute atomic E-state index is 0.214. The molecule has 1 unspecified atom stereocenters.